The fraction of sp³-hybridized carbons (Fsp3) is 0.372. The molecule has 5 atom stereocenters. The van der Waals surface area contributed by atoms with E-state index in [4.69, 9.17) is 19.2 Å². The lowest BCUT2D eigenvalue weighted by Crippen LogP contribution is -2.54. The van der Waals surface area contributed by atoms with E-state index in [0.717, 1.165) is 64.9 Å². The Labute approximate surface area is 342 Å². The minimum absolute atomic E-state index is 0.201. The van der Waals surface area contributed by atoms with Crippen LogP contribution in [0.15, 0.2) is 85.5 Å². The highest BCUT2D eigenvalue weighted by molar-refractivity contribution is 5.87. The third-order valence-electron chi connectivity index (χ3n) is 11.1. The van der Waals surface area contributed by atoms with Crippen molar-refractivity contribution in [3.63, 3.8) is 0 Å². The fourth-order valence-electron chi connectivity index (χ4n) is 7.86. The molecule has 4 amide bonds. The van der Waals surface area contributed by atoms with E-state index in [2.05, 4.69) is 54.8 Å². The first-order chi connectivity index (χ1) is 28.7. The topological polar surface area (TPSA) is 197 Å². The van der Waals surface area contributed by atoms with Crippen LogP contribution in [0.1, 0.15) is 61.9 Å². The lowest BCUT2D eigenvalue weighted by atomic mass is 10.0. The first-order valence-corrected chi connectivity index (χ1v) is 19.7. The van der Waals surface area contributed by atoms with Crippen molar-refractivity contribution < 1.29 is 33.4 Å². The molecule has 2 aromatic carbocycles. The second-order valence-corrected chi connectivity index (χ2v) is 14.7. The minimum Gasteiger partial charge on any atom is -0.453 e. The highest BCUT2D eigenvalue weighted by Crippen LogP contribution is 2.35. The Bertz CT molecular complexity index is 2230. The van der Waals surface area contributed by atoms with Gasteiger partial charge in [-0.2, -0.15) is 0 Å². The number of methoxy groups -OCH3 is 3. The van der Waals surface area contributed by atoms with Crippen molar-refractivity contribution in [2.75, 3.05) is 34.4 Å². The zero-order valence-electron chi connectivity index (χ0n) is 33.5. The van der Waals surface area contributed by atoms with Crippen LogP contribution < -0.4 is 10.6 Å². The maximum Gasteiger partial charge on any atom is 0.407 e. The van der Waals surface area contributed by atoms with Crippen LogP contribution in [-0.4, -0.2) is 111 Å². The van der Waals surface area contributed by atoms with E-state index in [9.17, 15) is 19.2 Å². The largest absolute Gasteiger partial charge is 0.453 e. The number of rotatable bonds is 13. The van der Waals surface area contributed by atoms with Crippen LogP contribution in [0.5, 0.6) is 0 Å². The molecule has 59 heavy (non-hydrogen) atoms. The maximum atomic E-state index is 13.9. The zero-order chi connectivity index (χ0) is 41.5. The molecule has 0 spiro atoms. The quantitative estimate of drug-likeness (QED) is 0.117. The van der Waals surface area contributed by atoms with Gasteiger partial charge in [0, 0.05) is 39.0 Å². The molecule has 0 saturated carbocycles. The molecule has 2 aliphatic rings. The van der Waals surface area contributed by atoms with Gasteiger partial charge in [-0.3, -0.25) is 14.6 Å². The molecule has 2 aliphatic heterocycles. The van der Waals surface area contributed by atoms with Crippen LogP contribution in [0, 0.1) is 0 Å². The van der Waals surface area contributed by atoms with E-state index in [0.29, 0.717) is 24.7 Å². The number of likely N-dealkylation sites (tertiary alicyclic amines) is 2. The highest BCUT2D eigenvalue weighted by Gasteiger charge is 2.39. The van der Waals surface area contributed by atoms with Gasteiger partial charge in [0.25, 0.3) is 0 Å². The van der Waals surface area contributed by atoms with E-state index in [1.165, 1.54) is 21.3 Å². The second-order valence-electron chi connectivity index (χ2n) is 14.7. The number of aromatic amines is 2. The number of amides is 4. The lowest BCUT2D eigenvalue weighted by Gasteiger charge is -2.30. The summed E-state index contributed by atoms with van der Waals surface area (Å²) in [5, 5.41) is 5.33. The third-order valence-corrected chi connectivity index (χ3v) is 11.1. The van der Waals surface area contributed by atoms with Crippen LogP contribution in [0.2, 0.25) is 0 Å². The predicted molar refractivity (Wildman–Crippen MR) is 217 cm³/mol. The molecule has 5 heterocycles. The maximum absolute atomic E-state index is 13.9. The van der Waals surface area contributed by atoms with E-state index in [1.807, 2.05) is 30.3 Å². The molecule has 4 N–H and O–H groups in total. The van der Waals surface area contributed by atoms with E-state index >= 15 is 0 Å². The summed E-state index contributed by atoms with van der Waals surface area (Å²) >= 11 is 0. The van der Waals surface area contributed by atoms with Crippen molar-refractivity contribution in [2.45, 2.75) is 69.3 Å². The molecule has 0 unspecified atom stereocenters. The number of alkyl carbamates (subject to hydrolysis) is 2. The van der Waals surface area contributed by atoms with Crippen LogP contribution in [0.25, 0.3) is 33.6 Å². The normalized spacial score (nSPS) is 17.9. The number of carbonyl (C=O) groups is 4. The monoisotopic (exact) mass is 803 g/mol. The second kappa shape index (κ2) is 18.4. The summed E-state index contributed by atoms with van der Waals surface area (Å²) in [5.74, 6) is 0.923. The van der Waals surface area contributed by atoms with Crippen LogP contribution >= 0.6 is 0 Å². The van der Waals surface area contributed by atoms with Gasteiger partial charge in [-0.15, -0.1) is 0 Å². The highest BCUT2D eigenvalue weighted by atomic mass is 16.5. The number of hydrogen-bond acceptors (Lipinski definition) is 10. The number of carbonyl (C=O) groups excluding carboxylic acids is 4. The van der Waals surface area contributed by atoms with Crippen molar-refractivity contribution >= 4 is 24.0 Å². The van der Waals surface area contributed by atoms with E-state index in [-0.39, 0.29) is 30.3 Å². The Hall–Kier alpha value is -6.55. The minimum atomic E-state index is -0.900. The van der Waals surface area contributed by atoms with Crippen molar-refractivity contribution in [1.82, 2.24) is 45.4 Å². The standard InChI is InChI=1S/C43H49N9O7/c1-26(57-2)37(50-43(56)59-4)41(54)52-21-7-10-36(52)39-46-25-34(48-39)31-17-13-29(14-18-31)28-11-15-30(16-12-28)33-24-45-38(47-33)35-9-6-20-51(35)40(53)32(49-42(55)58-3)22-27-8-5-19-44-23-27/h5,8,11-19,23-26,32,35-37H,6-7,9-10,20-22H2,1-4H3,(H,45,47)(H,46,48)(H,49,55)(H,50,56)/t26-,32+,35+,36+,37+/m1/s1. The van der Waals surface area contributed by atoms with Gasteiger partial charge in [0.05, 0.1) is 56.2 Å². The van der Waals surface area contributed by atoms with Gasteiger partial charge in [-0.1, -0.05) is 54.6 Å². The zero-order valence-corrected chi connectivity index (χ0v) is 33.5. The summed E-state index contributed by atoms with van der Waals surface area (Å²) in [5.41, 5.74) is 6.47. The summed E-state index contributed by atoms with van der Waals surface area (Å²) in [6, 6.07) is 17.8. The summed E-state index contributed by atoms with van der Waals surface area (Å²) < 4.78 is 15.0. The molecule has 3 aromatic heterocycles. The first kappa shape index (κ1) is 40.6. The molecule has 0 aliphatic carbocycles. The van der Waals surface area contributed by atoms with Gasteiger partial charge in [-0.05, 0) is 66.5 Å². The molecule has 308 valence electrons. The van der Waals surface area contributed by atoms with E-state index < -0.39 is 30.4 Å². The van der Waals surface area contributed by atoms with Gasteiger partial charge in [-0.25, -0.2) is 19.6 Å². The Morgan fingerprint density at radius 2 is 1.22 bits per heavy atom. The summed E-state index contributed by atoms with van der Waals surface area (Å²) in [6.45, 7) is 2.82. The fourth-order valence-corrected chi connectivity index (χ4v) is 7.86. The molecule has 16 nitrogen and oxygen atoms in total. The average Bonchev–Trinajstić information content (AvgIpc) is 4.12. The summed E-state index contributed by atoms with van der Waals surface area (Å²) in [4.78, 5) is 75.6. The summed E-state index contributed by atoms with van der Waals surface area (Å²) in [7, 11) is 4.03. The lowest BCUT2D eigenvalue weighted by molar-refractivity contribution is -0.137. The van der Waals surface area contributed by atoms with Gasteiger partial charge >= 0.3 is 12.2 Å². The number of hydrogen-bond donors (Lipinski definition) is 4. The number of H-pyrrole nitrogens is 2. The predicted octanol–water partition coefficient (Wildman–Crippen LogP) is 5.58. The summed E-state index contributed by atoms with van der Waals surface area (Å²) in [6.07, 6.45) is 8.38. The Morgan fingerprint density at radius 1 is 0.712 bits per heavy atom. The number of benzene rings is 2. The number of imidazole rings is 2. The molecule has 2 fully saturated rings. The molecular formula is C43H49N9O7. The van der Waals surface area contributed by atoms with Gasteiger partial charge in [0.15, 0.2) is 0 Å². The Balaban J connectivity index is 1.00. The number of nitrogens with zero attached hydrogens (tertiary/aromatic N) is 5. The molecule has 5 aromatic rings. The Morgan fingerprint density at radius 3 is 1.71 bits per heavy atom. The van der Waals surface area contributed by atoms with Crippen molar-refractivity contribution in [2.24, 2.45) is 0 Å². The van der Waals surface area contributed by atoms with Crippen LogP contribution in [0.4, 0.5) is 9.59 Å². The number of aromatic nitrogens is 5. The van der Waals surface area contributed by atoms with Gasteiger partial charge in [0.2, 0.25) is 11.8 Å². The number of ether oxygens (including phenoxy) is 3. The molecule has 2 saturated heterocycles. The van der Waals surface area contributed by atoms with Crippen molar-refractivity contribution in [1.29, 1.82) is 0 Å². The van der Waals surface area contributed by atoms with E-state index in [1.54, 1.807) is 47.6 Å². The molecule has 16 heteroatoms. The van der Waals surface area contributed by atoms with Gasteiger partial charge < -0.3 is 44.6 Å². The van der Waals surface area contributed by atoms with Crippen molar-refractivity contribution in [3.05, 3.63) is 103 Å². The SMILES string of the molecule is COC(=O)N[C@@H](Cc1cccnc1)C(=O)N1CCC[C@H]1c1ncc(-c2ccc(-c3ccc(-c4cnc([C@@H]5CCCN5C(=O)[C@@H](NC(=O)OC)[C@@H](C)OC)[nH]4)cc3)cc2)[nH]1. The smallest absolute Gasteiger partial charge is 0.407 e. The molecular weight excluding hydrogens is 755 g/mol. The van der Waals surface area contributed by atoms with Gasteiger partial charge in [0.1, 0.15) is 23.7 Å². The van der Waals surface area contributed by atoms with Crippen LogP contribution in [0.3, 0.4) is 0 Å². The first-order valence-electron chi connectivity index (χ1n) is 19.7. The Kier molecular flexibility index (Phi) is 12.6. The van der Waals surface area contributed by atoms with Crippen molar-refractivity contribution in [3.8, 4) is 33.6 Å². The number of nitrogens with one attached hydrogen (secondary N) is 4. The third kappa shape index (κ3) is 9.12. The molecule has 7 rings (SSSR count). The average molecular weight is 804 g/mol. The number of pyridine rings is 1. The molecule has 0 radical (unpaired) electrons. The van der Waals surface area contributed by atoms with Crippen LogP contribution in [-0.2, 0) is 30.2 Å². The molecule has 0 bridgehead atoms.